The van der Waals surface area contributed by atoms with Crippen molar-refractivity contribution in [3.63, 3.8) is 0 Å². The standard InChI is InChI=1S/C17H23N5OS/c1-21-15(12-20-17(21)24-2)11-19-14-5-9-22(10-6-14)16(23)13-3-7-18-8-4-13/h3-4,7-8,12,14,19H,5-6,9-11H2,1-2H3. The predicted molar refractivity (Wildman–Crippen MR) is 95.0 cm³/mol. The summed E-state index contributed by atoms with van der Waals surface area (Å²) in [5.74, 6) is 0.104. The molecule has 6 nitrogen and oxygen atoms in total. The topological polar surface area (TPSA) is 63.1 Å². The third-order valence-electron chi connectivity index (χ3n) is 4.51. The van der Waals surface area contributed by atoms with E-state index < -0.39 is 0 Å². The van der Waals surface area contributed by atoms with Gasteiger partial charge in [-0.05, 0) is 31.2 Å². The Labute approximate surface area is 146 Å². The smallest absolute Gasteiger partial charge is 0.253 e. The Morgan fingerprint density at radius 2 is 2.04 bits per heavy atom. The maximum Gasteiger partial charge on any atom is 0.253 e. The van der Waals surface area contributed by atoms with Gasteiger partial charge < -0.3 is 14.8 Å². The number of likely N-dealkylation sites (tertiary alicyclic amines) is 1. The van der Waals surface area contributed by atoms with E-state index in [1.807, 2.05) is 24.4 Å². The molecule has 0 aromatic carbocycles. The first-order chi connectivity index (χ1) is 11.7. The van der Waals surface area contributed by atoms with E-state index in [0.29, 0.717) is 6.04 Å². The van der Waals surface area contributed by atoms with Gasteiger partial charge in [0.15, 0.2) is 5.16 Å². The summed E-state index contributed by atoms with van der Waals surface area (Å²) in [5, 5.41) is 4.63. The van der Waals surface area contributed by atoms with Crippen molar-refractivity contribution in [2.75, 3.05) is 19.3 Å². The first-order valence-corrected chi connectivity index (χ1v) is 9.38. The molecule has 7 heteroatoms. The lowest BCUT2D eigenvalue weighted by atomic mass is 10.0. The number of aromatic nitrogens is 3. The molecule has 1 N–H and O–H groups in total. The van der Waals surface area contributed by atoms with Crippen LogP contribution in [0.3, 0.4) is 0 Å². The largest absolute Gasteiger partial charge is 0.339 e. The molecule has 0 aliphatic carbocycles. The van der Waals surface area contributed by atoms with Crippen molar-refractivity contribution >= 4 is 17.7 Å². The van der Waals surface area contributed by atoms with E-state index in [9.17, 15) is 4.79 Å². The average Bonchev–Trinajstić information content (AvgIpc) is 3.00. The zero-order valence-corrected chi connectivity index (χ0v) is 14.9. The second kappa shape index (κ2) is 7.81. The van der Waals surface area contributed by atoms with Crippen LogP contribution in [0.5, 0.6) is 0 Å². The SMILES string of the molecule is CSc1ncc(CNC2CCN(C(=O)c3ccncc3)CC2)n1C. The van der Waals surface area contributed by atoms with Crippen LogP contribution in [-0.4, -0.2) is 50.7 Å². The van der Waals surface area contributed by atoms with E-state index >= 15 is 0 Å². The molecular weight excluding hydrogens is 322 g/mol. The normalized spacial score (nSPS) is 15.7. The molecule has 3 heterocycles. The first-order valence-electron chi connectivity index (χ1n) is 8.16. The minimum absolute atomic E-state index is 0.104. The zero-order chi connectivity index (χ0) is 16.9. The van der Waals surface area contributed by atoms with Crippen molar-refractivity contribution in [2.24, 2.45) is 7.05 Å². The fourth-order valence-corrected chi connectivity index (χ4v) is 3.54. The highest BCUT2D eigenvalue weighted by Gasteiger charge is 2.23. The number of piperidine rings is 1. The van der Waals surface area contributed by atoms with Gasteiger partial charge in [0.1, 0.15) is 0 Å². The summed E-state index contributed by atoms with van der Waals surface area (Å²) >= 11 is 1.65. The first kappa shape index (κ1) is 17.0. The number of carbonyl (C=O) groups is 1. The van der Waals surface area contributed by atoms with Gasteiger partial charge in [0.05, 0.1) is 11.9 Å². The summed E-state index contributed by atoms with van der Waals surface area (Å²) in [7, 11) is 2.05. The lowest BCUT2D eigenvalue weighted by Crippen LogP contribution is -2.44. The Morgan fingerprint density at radius 1 is 1.33 bits per heavy atom. The number of thioether (sulfide) groups is 1. The number of hydrogen-bond acceptors (Lipinski definition) is 5. The van der Waals surface area contributed by atoms with E-state index in [1.54, 1.807) is 36.3 Å². The highest BCUT2D eigenvalue weighted by molar-refractivity contribution is 7.98. The van der Waals surface area contributed by atoms with Crippen LogP contribution in [-0.2, 0) is 13.6 Å². The van der Waals surface area contributed by atoms with Crippen LogP contribution < -0.4 is 5.32 Å². The highest BCUT2D eigenvalue weighted by atomic mass is 32.2. The molecule has 1 aliphatic heterocycles. The fraction of sp³-hybridized carbons (Fsp3) is 0.471. The molecule has 0 unspecified atom stereocenters. The molecule has 128 valence electrons. The summed E-state index contributed by atoms with van der Waals surface area (Å²) in [6, 6.07) is 4.00. The van der Waals surface area contributed by atoms with Crippen molar-refractivity contribution < 1.29 is 4.79 Å². The quantitative estimate of drug-likeness (QED) is 0.839. The number of pyridine rings is 1. The zero-order valence-electron chi connectivity index (χ0n) is 14.1. The van der Waals surface area contributed by atoms with Gasteiger partial charge in [-0.15, -0.1) is 0 Å². The summed E-state index contributed by atoms with van der Waals surface area (Å²) in [4.78, 5) is 22.7. The highest BCUT2D eigenvalue weighted by Crippen LogP contribution is 2.16. The Morgan fingerprint density at radius 3 is 2.67 bits per heavy atom. The molecule has 1 amide bonds. The molecule has 1 saturated heterocycles. The number of nitrogens with zero attached hydrogens (tertiary/aromatic N) is 4. The number of rotatable bonds is 5. The molecule has 0 bridgehead atoms. The molecule has 1 aliphatic rings. The minimum Gasteiger partial charge on any atom is -0.339 e. The Kier molecular flexibility index (Phi) is 5.52. The van der Waals surface area contributed by atoms with Crippen LogP contribution in [0.2, 0.25) is 0 Å². The number of amides is 1. The average molecular weight is 345 g/mol. The van der Waals surface area contributed by atoms with E-state index in [4.69, 9.17) is 0 Å². The van der Waals surface area contributed by atoms with Crippen LogP contribution in [0.1, 0.15) is 28.9 Å². The van der Waals surface area contributed by atoms with Crippen molar-refractivity contribution in [1.29, 1.82) is 0 Å². The van der Waals surface area contributed by atoms with E-state index in [0.717, 1.165) is 43.2 Å². The van der Waals surface area contributed by atoms with Gasteiger partial charge >= 0.3 is 0 Å². The van der Waals surface area contributed by atoms with Crippen LogP contribution >= 0.6 is 11.8 Å². The van der Waals surface area contributed by atoms with Gasteiger partial charge in [-0.25, -0.2) is 4.98 Å². The summed E-state index contributed by atoms with van der Waals surface area (Å²) < 4.78 is 2.12. The van der Waals surface area contributed by atoms with Crippen molar-refractivity contribution in [3.05, 3.63) is 42.0 Å². The Balaban J connectivity index is 1.48. The number of imidazole rings is 1. The van der Waals surface area contributed by atoms with Crippen molar-refractivity contribution in [1.82, 2.24) is 24.8 Å². The molecule has 3 rings (SSSR count). The molecule has 2 aromatic heterocycles. The third-order valence-corrected chi connectivity index (χ3v) is 5.25. The number of nitrogens with one attached hydrogen (secondary N) is 1. The maximum absolute atomic E-state index is 12.4. The van der Waals surface area contributed by atoms with Crippen molar-refractivity contribution in [2.45, 2.75) is 30.6 Å². The lowest BCUT2D eigenvalue weighted by Gasteiger charge is -2.32. The van der Waals surface area contributed by atoms with Crippen molar-refractivity contribution in [3.8, 4) is 0 Å². The van der Waals surface area contributed by atoms with Crippen LogP contribution in [0.15, 0.2) is 35.9 Å². The Hall–Kier alpha value is -1.86. The molecule has 0 saturated carbocycles. The van der Waals surface area contributed by atoms with Gasteiger partial charge in [-0.2, -0.15) is 0 Å². The lowest BCUT2D eigenvalue weighted by molar-refractivity contribution is 0.0704. The molecule has 2 aromatic rings. The summed E-state index contributed by atoms with van der Waals surface area (Å²) in [6.45, 7) is 2.40. The van der Waals surface area contributed by atoms with Gasteiger partial charge in [-0.3, -0.25) is 9.78 Å². The predicted octanol–water partition coefficient (Wildman–Crippen LogP) is 1.93. The molecule has 1 fully saturated rings. The van der Waals surface area contributed by atoms with Crippen LogP contribution in [0, 0.1) is 0 Å². The van der Waals surface area contributed by atoms with E-state index in [-0.39, 0.29) is 5.91 Å². The Bertz CT molecular complexity index is 680. The van der Waals surface area contributed by atoms with Crippen LogP contribution in [0.25, 0.3) is 0 Å². The van der Waals surface area contributed by atoms with Crippen LogP contribution in [0.4, 0.5) is 0 Å². The monoisotopic (exact) mass is 345 g/mol. The molecule has 0 spiro atoms. The summed E-state index contributed by atoms with van der Waals surface area (Å²) in [5.41, 5.74) is 1.91. The second-order valence-electron chi connectivity index (χ2n) is 5.98. The van der Waals surface area contributed by atoms with Gasteiger partial charge in [0.2, 0.25) is 0 Å². The second-order valence-corrected chi connectivity index (χ2v) is 6.75. The molecular formula is C17H23N5OS. The van der Waals surface area contributed by atoms with E-state index in [1.165, 1.54) is 5.69 Å². The molecule has 24 heavy (non-hydrogen) atoms. The van der Waals surface area contributed by atoms with Gasteiger partial charge in [-0.1, -0.05) is 11.8 Å². The molecule has 0 atom stereocenters. The maximum atomic E-state index is 12.4. The van der Waals surface area contributed by atoms with E-state index in [2.05, 4.69) is 19.9 Å². The summed E-state index contributed by atoms with van der Waals surface area (Å²) in [6.07, 6.45) is 9.25. The number of carbonyl (C=O) groups excluding carboxylic acids is 1. The third kappa shape index (κ3) is 3.79. The fourth-order valence-electron chi connectivity index (χ4n) is 2.99. The number of hydrogen-bond donors (Lipinski definition) is 1. The minimum atomic E-state index is 0.104. The molecule has 0 radical (unpaired) electrons. The van der Waals surface area contributed by atoms with Gasteiger partial charge in [0, 0.05) is 50.7 Å². The van der Waals surface area contributed by atoms with Gasteiger partial charge in [0.25, 0.3) is 5.91 Å².